The summed E-state index contributed by atoms with van der Waals surface area (Å²) in [5.74, 6) is 0.404. The van der Waals surface area contributed by atoms with Crippen molar-refractivity contribution >= 4 is 16.8 Å². The molecule has 3 rings (SSSR count). The molecule has 21 heavy (non-hydrogen) atoms. The van der Waals surface area contributed by atoms with Crippen LogP contribution in [0.2, 0.25) is 0 Å². The van der Waals surface area contributed by atoms with E-state index in [0.29, 0.717) is 29.7 Å². The summed E-state index contributed by atoms with van der Waals surface area (Å²) in [6, 6.07) is 5.86. The van der Waals surface area contributed by atoms with Crippen molar-refractivity contribution < 1.29 is 18.3 Å². The number of carbonyl (C=O) groups excluding carboxylic acids is 1. The molecule has 0 unspecified atom stereocenters. The van der Waals surface area contributed by atoms with Crippen LogP contribution in [0.15, 0.2) is 28.7 Å². The molecule has 1 saturated carbocycles. The molecule has 0 amide bonds. The Labute approximate surface area is 123 Å². The first kappa shape index (κ1) is 14.3. The molecule has 1 aromatic carbocycles. The number of furan rings is 1. The monoisotopic (exact) mass is 290 g/mol. The second kappa shape index (κ2) is 5.26. The van der Waals surface area contributed by atoms with Crippen molar-refractivity contribution in [2.45, 2.75) is 38.2 Å². The van der Waals surface area contributed by atoms with Crippen LogP contribution in [0.3, 0.4) is 0 Å². The highest BCUT2D eigenvalue weighted by Gasteiger charge is 2.43. The Morgan fingerprint density at radius 3 is 2.71 bits per heavy atom. The third kappa shape index (κ3) is 2.48. The predicted octanol–water partition coefficient (Wildman–Crippen LogP) is 4.35. The number of rotatable bonds is 3. The number of carbonyl (C=O) groups is 1. The summed E-state index contributed by atoms with van der Waals surface area (Å²) in [4.78, 5) is 12.8. The van der Waals surface area contributed by atoms with E-state index in [9.17, 15) is 9.18 Å². The second-order valence-corrected chi connectivity index (χ2v) is 6.00. The minimum atomic E-state index is -0.793. The van der Waals surface area contributed by atoms with Gasteiger partial charge in [-0.2, -0.15) is 0 Å². The van der Waals surface area contributed by atoms with E-state index in [1.807, 2.05) is 0 Å². The van der Waals surface area contributed by atoms with E-state index in [4.69, 9.17) is 9.15 Å². The SMILES string of the molecule is COC1(C(=O)c2cc3cc(F)ccc3o2)CCC(C)CC1. The average molecular weight is 290 g/mol. The molecule has 0 aliphatic heterocycles. The molecule has 2 aromatic rings. The molecule has 0 saturated heterocycles. The van der Waals surface area contributed by atoms with Gasteiger partial charge in [0.15, 0.2) is 5.76 Å². The smallest absolute Gasteiger partial charge is 0.229 e. The van der Waals surface area contributed by atoms with Crippen molar-refractivity contribution in [2.24, 2.45) is 5.92 Å². The first-order chi connectivity index (χ1) is 10.0. The van der Waals surface area contributed by atoms with Crippen LogP contribution in [0.5, 0.6) is 0 Å². The molecular weight excluding hydrogens is 271 g/mol. The third-order valence-corrected chi connectivity index (χ3v) is 4.59. The summed E-state index contributed by atoms with van der Waals surface area (Å²) in [6.07, 6.45) is 3.34. The Bertz CT molecular complexity index is 666. The molecule has 1 aliphatic rings. The Kier molecular flexibility index (Phi) is 3.57. The molecule has 0 atom stereocenters. The van der Waals surface area contributed by atoms with Crippen LogP contribution < -0.4 is 0 Å². The van der Waals surface area contributed by atoms with E-state index < -0.39 is 5.60 Å². The van der Waals surface area contributed by atoms with Crippen LogP contribution in [-0.2, 0) is 4.74 Å². The molecule has 1 fully saturated rings. The fourth-order valence-electron chi connectivity index (χ4n) is 3.10. The number of methoxy groups -OCH3 is 1. The van der Waals surface area contributed by atoms with Gasteiger partial charge in [-0.15, -0.1) is 0 Å². The van der Waals surface area contributed by atoms with E-state index in [1.165, 1.54) is 12.1 Å². The van der Waals surface area contributed by atoms with Gasteiger partial charge in [-0.1, -0.05) is 6.92 Å². The Hall–Kier alpha value is -1.68. The van der Waals surface area contributed by atoms with E-state index in [2.05, 4.69) is 6.92 Å². The lowest BCUT2D eigenvalue weighted by Crippen LogP contribution is -2.43. The normalized spacial score (nSPS) is 26.1. The predicted molar refractivity (Wildman–Crippen MR) is 77.9 cm³/mol. The van der Waals surface area contributed by atoms with Crippen molar-refractivity contribution in [3.8, 4) is 0 Å². The lowest BCUT2D eigenvalue weighted by atomic mass is 9.76. The molecule has 1 aromatic heterocycles. The Balaban J connectivity index is 1.95. The number of ether oxygens (including phenoxy) is 1. The molecule has 3 nitrogen and oxygen atoms in total. The number of halogens is 1. The maximum Gasteiger partial charge on any atom is 0.229 e. The summed E-state index contributed by atoms with van der Waals surface area (Å²) < 4.78 is 24.4. The van der Waals surface area contributed by atoms with Gasteiger partial charge in [0, 0.05) is 12.5 Å². The molecular formula is C17H19FO3. The van der Waals surface area contributed by atoms with Gasteiger partial charge in [0.1, 0.15) is 17.0 Å². The van der Waals surface area contributed by atoms with Gasteiger partial charge >= 0.3 is 0 Å². The van der Waals surface area contributed by atoms with Gasteiger partial charge in [0.25, 0.3) is 0 Å². The van der Waals surface area contributed by atoms with Crippen LogP contribution in [0.25, 0.3) is 11.0 Å². The minimum absolute atomic E-state index is 0.131. The fraction of sp³-hybridized carbons (Fsp3) is 0.471. The summed E-state index contributed by atoms with van der Waals surface area (Å²) in [7, 11) is 1.58. The van der Waals surface area contributed by atoms with E-state index in [0.717, 1.165) is 12.8 Å². The van der Waals surface area contributed by atoms with Gasteiger partial charge in [0.05, 0.1) is 0 Å². The van der Waals surface area contributed by atoms with Crippen molar-refractivity contribution in [1.82, 2.24) is 0 Å². The molecule has 0 N–H and O–H groups in total. The molecule has 0 spiro atoms. The van der Waals surface area contributed by atoms with Gasteiger partial charge in [-0.05, 0) is 55.9 Å². The van der Waals surface area contributed by atoms with Crippen molar-refractivity contribution in [3.05, 3.63) is 35.8 Å². The van der Waals surface area contributed by atoms with Crippen LogP contribution in [0.1, 0.15) is 43.2 Å². The second-order valence-electron chi connectivity index (χ2n) is 6.00. The standard InChI is InChI=1S/C17H19FO3/c1-11-5-7-17(20-2,8-6-11)16(19)15-10-12-9-13(18)3-4-14(12)21-15/h3-4,9-11H,5-8H2,1-2H3. The van der Waals surface area contributed by atoms with Gasteiger partial charge in [-0.25, -0.2) is 4.39 Å². The zero-order chi connectivity index (χ0) is 15.0. The molecule has 112 valence electrons. The van der Waals surface area contributed by atoms with Crippen molar-refractivity contribution in [3.63, 3.8) is 0 Å². The topological polar surface area (TPSA) is 39.4 Å². The molecule has 1 heterocycles. The molecule has 0 radical (unpaired) electrons. The third-order valence-electron chi connectivity index (χ3n) is 4.59. The number of Topliss-reactive ketones (excluding diaryl/α,β-unsaturated/α-hetero) is 1. The Morgan fingerprint density at radius 2 is 2.05 bits per heavy atom. The maximum absolute atomic E-state index is 13.2. The van der Waals surface area contributed by atoms with Crippen LogP contribution in [0.4, 0.5) is 4.39 Å². The first-order valence-electron chi connectivity index (χ1n) is 7.33. The zero-order valence-corrected chi connectivity index (χ0v) is 12.3. The number of hydrogen-bond acceptors (Lipinski definition) is 3. The van der Waals surface area contributed by atoms with E-state index >= 15 is 0 Å². The van der Waals surface area contributed by atoms with E-state index in [1.54, 1.807) is 19.2 Å². The summed E-state index contributed by atoms with van der Waals surface area (Å²) in [5.41, 5.74) is -0.269. The first-order valence-corrected chi connectivity index (χ1v) is 7.33. The van der Waals surface area contributed by atoms with Crippen LogP contribution in [0, 0.1) is 11.7 Å². The maximum atomic E-state index is 13.2. The summed E-state index contributed by atoms with van der Waals surface area (Å²) in [6.45, 7) is 2.19. The highest BCUT2D eigenvalue weighted by Crippen LogP contribution is 2.37. The molecule has 1 aliphatic carbocycles. The molecule has 4 heteroatoms. The summed E-state index contributed by atoms with van der Waals surface area (Å²) >= 11 is 0. The summed E-state index contributed by atoms with van der Waals surface area (Å²) in [5, 5.41) is 0.605. The largest absolute Gasteiger partial charge is 0.453 e. The van der Waals surface area contributed by atoms with Gasteiger partial charge in [0.2, 0.25) is 5.78 Å². The van der Waals surface area contributed by atoms with Crippen molar-refractivity contribution in [1.29, 1.82) is 0 Å². The Morgan fingerprint density at radius 1 is 1.33 bits per heavy atom. The van der Waals surface area contributed by atoms with Gasteiger partial charge < -0.3 is 9.15 Å². The lowest BCUT2D eigenvalue weighted by Gasteiger charge is -2.36. The number of fused-ring (bicyclic) bond motifs is 1. The minimum Gasteiger partial charge on any atom is -0.453 e. The average Bonchev–Trinajstić information content (AvgIpc) is 2.90. The van der Waals surface area contributed by atoms with E-state index in [-0.39, 0.29) is 17.4 Å². The quantitative estimate of drug-likeness (QED) is 0.789. The van der Waals surface area contributed by atoms with Crippen LogP contribution >= 0.6 is 0 Å². The highest BCUT2D eigenvalue weighted by molar-refractivity contribution is 6.03. The fourth-order valence-corrected chi connectivity index (χ4v) is 3.10. The lowest BCUT2D eigenvalue weighted by molar-refractivity contribution is -0.0278. The zero-order valence-electron chi connectivity index (χ0n) is 12.3. The van der Waals surface area contributed by atoms with Crippen molar-refractivity contribution in [2.75, 3.05) is 7.11 Å². The van der Waals surface area contributed by atoms with Crippen LogP contribution in [-0.4, -0.2) is 18.5 Å². The molecule has 0 bridgehead atoms. The van der Waals surface area contributed by atoms with Gasteiger partial charge in [-0.3, -0.25) is 4.79 Å². The number of ketones is 1. The number of benzene rings is 1. The number of hydrogen-bond donors (Lipinski definition) is 0. The highest BCUT2D eigenvalue weighted by atomic mass is 19.1.